The van der Waals surface area contributed by atoms with Crippen LogP contribution in [0, 0.1) is 18.3 Å². The van der Waals surface area contributed by atoms with Crippen LogP contribution < -0.4 is 10.1 Å². The molecule has 0 aliphatic rings. The summed E-state index contributed by atoms with van der Waals surface area (Å²) in [6.45, 7) is 4.53. The van der Waals surface area contributed by atoms with Gasteiger partial charge < -0.3 is 4.74 Å². The van der Waals surface area contributed by atoms with E-state index in [-0.39, 0.29) is 6.04 Å². The van der Waals surface area contributed by atoms with Crippen LogP contribution in [0.15, 0.2) is 18.2 Å². The average molecular weight is 204 g/mol. The fourth-order valence-electron chi connectivity index (χ4n) is 1.35. The number of nitrogens with zero attached hydrogens (tertiary/aromatic N) is 1. The lowest BCUT2D eigenvalue weighted by Gasteiger charge is -2.11. The number of benzene rings is 1. The van der Waals surface area contributed by atoms with Crippen LogP contribution in [0.25, 0.3) is 0 Å². The molecule has 0 heterocycles. The molecule has 1 rings (SSSR count). The third-order valence-corrected chi connectivity index (χ3v) is 2.23. The zero-order valence-corrected chi connectivity index (χ0v) is 9.37. The van der Waals surface area contributed by atoms with Crippen molar-refractivity contribution in [3.8, 4) is 11.8 Å². The van der Waals surface area contributed by atoms with E-state index < -0.39 is 0 Å². The Bertz CT molecular complexity index is 368. The molecule has 0 saturated heterocycles. The second-order valence-electron chi connectivity index (χ2n) is 3.55. The minimum atomic E-state index is -0.143. The topological polar surface area (TPSA) is 45.0 Å². The Morgan fingerprint density at radius 3 is 2.87 bits per heavy atom. The lowest BCUT2D eigenvalue weighted by atomic mass is 10.1. The van der Waals surface area contributed by atoms with Gasteiger partial charge in [0.1, 0.15) is 5.75 Å². The van der Waals surface area contributed by atoms with Crippen molar-refractivity contribution in [2.45, 2.75) is 26.4 Å². The number of aryl methyl sites for hydroxylation is 1. The van der Waals surface area contributed by atoms with Gasteiger partial charge in [-0.2, -0.15) is 5.26 Å². The molecule has 0 aromatic heterocycles. The normalized spacial score (nSPS) is 11.9. The first-order chi connectivity index (χ1) is 7.17. The molecule has 1 unspecified atom stereocenters. The predicted octanol–water partition coefficient (Wildman–Crippen LogP) is 2.01. The van der Waals surface area contributed by atoms with Crippen LogP contribution in [-0.2, 0) is 6.54 Å². The van der Waals surface area contributed by atoms with Crippen molar-refractivity contribution < 1.29 is 4.74 Å². The Balaban J connectivity index is 2.75. The van der Waals surface area contributed by atoms with E-state index in [0.29, 0.717) is 6.54 Å². The summed E-state index contributed by atoms with van der Waals surface area (Å²) in [5, 5.41) is 11.8. The molecule has 0 fully saturated rings. The highest BCUT2D eigenvalue weighted by molar-refractivity contribution is 5.36. The molecule has 0 amide bonds. The molecule has 80 valence electrons. The van der Waals surface area contributed by atoms with Gasteiger partial charge in [0, 0.05) is 12.1 Å². The fourth-order valence-corrected chi connectivity index (χ4v) is 1.35. The fraction of sp³-hybridized carbons (Fsp3) is 0.417. The van der Waals surface area contributed by atoms with Crippen molar-refractivity contribution >= 4 is 0 Å². The van der Waals surface area contributed by atoms with Crippen molar-refractivity contribution in [2.75, 3.05) is 7.11 Å². The molecule has 0 aliphatic carbocycles. The maximum Gasteiger partial charge on any atom is 0.123 e. The molecule has 0 radical (unpaired) electrons. The monoisotopic (exact) mass is 204 g/mol. The first-order valence-corrected chi connectivity index (χ1v) is 4.94. The number of nitrogens with one attached hydrogen (secondary N) is 1. The minimum absolute atomic E-state index is 0.143. The summed E-state index contributed by atoms with van der Waals surface area (Å²) in [5.41, 5.74) is 2.27. The second-order valence-corrected chi connectivity index (χ2v) is 3.55. The summed E-state index contributed by atoms with van der Waals surface area (Å²) in [6.07, 6.45) is 0. The third-order valence-electron chi connectivity index (χ3n) is 2.23. The molecule has 1 aromatic rings. The van der Waals surface area contributed by atoms with Gasteiger partial charge in [-0.25, -0.2) is 0 Å². The van der Waals surface area contributed by atoms with E-state index in [1.54, 1.807) is 7.11 Å². The summed E-state index contributed by atoms with van der Waals surface area (Å²) < 4.78 is 5.24. The summed E-state index contributed by atoms with van der Waals surface area (Å²) in [5.74, 6) is 0.859. The van der Waals surface area contributed by atoms with Gasteiger partial charge in [0.05, 0.1) is 19.2 Å². The van der Waals surface area contributed by atoms with Gasteiger partial charge >= 0.3 is 0 Å². The standard InChI is InChI=1S/C12H16N2O/c1-9-4-5-12(15-3)11(6-9)8-14-10(2)7-13/h4-6,10,14H,8H2,1-3H3. The quantitative estimate of drug-likeness (QED) is 0.816. The first-order valence-electron chi connectivity index (χ1n) is 4.94. The van der Waals surface area contributed by atoms with E-state index in [2.05, 4.69) is 17.5 Å². The predicted molar refractivity (Wildman–Crippen MR) is 59.6 cm³/mol. The molecular formula is C12H16N2O. The number of ether oxygens (including phenoxy) is 1. The summed E-state index contributed by atoms with van der Waals surface area (Å²) in [4.78, 5) is 0. The van der Waals surface area contributed by atoms with Gasteiger partial charge in [-0.05, 0) is 19.9 Å². The summed E-state index contributed by atoms with van der Waals surface area (Å²) in [7, 11) is 1.65. The number of hydrogen-bond donors (Lipinski definition) is 1. The van der Waals surface area contributed by atoms with E-state index >= 15 is 0 Å². The molecule has 1 aromatic carbocycles. The van der Waals surface area contributed by atoms with Crippen LogP contribution in [0.3, 0.4) is 0 Å². The smallest absolute Gasteiger partial charge is 0.123 e. The number of rotatable bonds is 4. The Morgan fingerprint density at radius 2 is 2.27 bits per heavy atom. The molecule has 0 bridgehead atoms. The largest absolute Gasteiger partial charge is 0.496 e. The van der Waals surface area contributed by atoms with Crippen molar-refractivity contribution in [1.82, 2.24) is 5.32 Å². The van der Waals surface area contributed by atoms with Crippen LogP contribution in [0.1, 0.15) is 18.1 Å². The lowest BCUT2D eigenvalue weighted by Crippen LogP contribution is -2.23. The molecule has 15 heavy (non-hydrogen) atoms. The van der Waals surface area contributed by atoms with E-state index in [1.165, 1.54) is 5.56 Å². The van der Waals surface area contributed by atoms with E-state index in [0.717, 1.165) is 11.3 Å². The zero-order chi connectivity index (χ0) is 11.3. The third kappa shape index (κ3) is 3.26. The molecule has 3 heteroatoms. The highest BCUT2D eigenvalue weighted by atomic mass is 16.5. The van der Waals surface area contributed by atoms with E-state index in [4.69, 9.17) is 10.00 Å². The Hall–Kier alpha value is -1.53. The second kappa shape index (κ2) is 5.38. The van der Waals surface area contributed by atoms with Crippen LogP contribution in [0.4, 0.5) is 0 Å². The summed E-state index contributed by atoms with van der Waals surface area (Å²) >= 11 is 0. The SMILES string of the molecule is COc1ccc(C)cc1CNC(C)C#N. The van der Waals surface area contributed by atoms with Gasteiger partial charge in [0.2, 0.25) is 0 Å². The van der Waals surface area contributed by atoms with Crippen LogP contribution in [-0.4, -0.2) is 13.2 Å². The van der Waals surface area contributed by atoms with Gasteiger partial charge in [-0.3, -0.25) is 5.32 Å². The average Bonchev–Trinajstić information content (AvgIpc) is 2.26. The maximum atomic E-state index is 8.65. The summed E-state index contributed by atoms with van der Waals surface area (Å²) in [6, 6.07) is 8.02. The lowest BCUT2D eigenvalue weighted by molar-refractivity contribution is 0.407. The Kier molecular flexibility index (Phi) is 4.14. The van der Waals surface area contributed by atoms with Crippen molar-refractivity contribution in [3.05, 3.63) is 29.3 Å². The van der Waals surface area contributed by atoms with Gasteiger partial charge in [-0.15, -0.1) is 0 Å². The van der Waals surface area contributed by atoms with E-state index in [9.17, 15) is 0 Å². The van der Waals surface area contributed by atoms with Crippen molar-refractivity contribution in [1.29, 1.82) is 5.26 Å². The number of nitriles is 1. The van der Waals surface area contributed by atoms with E-state index in [1.807, 2.05) is 26.0 Å². The first kappa shape index (κ1) is 11.5. The molecule has 0 saturated carbocycles. The molecule has 3 nitrogen and oxygen atoms in total. The van der Waals surface area contributed by atoms with Crippen molar-refractivity contribution in [3.63, 3.8) is 0 Å². The van der Waals surface area contributed by atoms with Gasteiger partial charge in [-0.1, -0.05) is 17.7 Å². The van der Waals surface area contributed by atoms with Crippen LogP contribution in [0.2, 0.25) is 0 Å². The van der Waals surface area contributed by atoms with Gasteiger partial charge in [0.25, 0.3) is 0 Å². The van der Waals surface area contributed by atoms with Crippen molar-refractivity contribution in [2.24, 2.45) is 0 Å². The molecule has 0 spiro atoms. The molecule has 0 aliphatic heterocycles. The Labute approximate surface area is 90.7 Å². The zero-order valence-electron chi connectivity index (χ0n) is 9.37. The maximum absolute atomic E-state index is 8.65. The van der Waals surface area contributed by atoms with Gasteiger partial charge in [0.15, 0.2) is 0 Å². The highest BCUT2D eigenvalue weighted by Gasteiger charge is 2.04. The minimum Gasteiger partial charge on any atom is -0.496 e. The highest BCUT2D eigenvalue weighted by Crippen LogP contribution is 2.19. The van der Waals surface area contributed by atoms with Crippen LogP contribution >= 0.6 is 0 Å². The molecular weight excluding hydrogens is 188 g/mol. The number of hydrogen-bond acceptors (Lipinski definition) is 3. The molecule has 1 atom stereocenters. The molecule has 1 N–H and O–H groups in total. The van der Waals surface area contributed by atoms with Crippen LogP contribution in [0.5, 0.6) is 5.75 Å². The number of methoxy groups -OCH3 is 1. The Morgan fingerprint density at radius 1 is 1.53 bits per heavy atom.